The SMILES string of the molecule is CNC(=O)N1C(=O)C(=O)c2cc(Cl)c(Cl)cc21. The molecule has 1 aliphatic heterocycles. The Hall–Kier alpha value is -1.59. The molecule has 0 radical (unpaired) electrons. The third kappa shape index (κ3) is 1.67. The summed E-state index contributed by atoms with van der Waals surface area (Å²) in [4.78, 5) is 35.5. The Morgan fingerprint density at radius 1 is 1.24 bits per heavy atom. The van der Waals surface area contributed by atoms with Crippen molar-refractivity contribution >= 4 is 46.6 Å². The second-order valence-electron chi connectivity index (χ2n) is 3.31. The maximum absolute atomic E-state index is 11.6. The summed E-state index contributed by atoms with van der Waals surface area (Å²) in [6.45, 7) is 0. The van der Waals surface area contributed by atoms with Crippen LogP contribution in [0.4, 0.5) is 10.5 Å². The van der Waals surface area contributed by atoms with E-state index in [4.69, 9.17) is 23.2 Å². The summed E-state index contributed by atoms with van der Waals surface area (Å²) in [6.07, 6.45) is 0. The van der Waals surface area contributed by atoms with Gasteiger partial charge in [-0.05, 0) is 12.1 Å². The Labute approximate surface area is 106 Å². The monoisotopic (exact) mass is 272 g/mol. The summed E-state index contributed by atoms with van der Waals surface area (Å²) in [5.74, 6) is -1.69. The van der Waals surface area contributed by atoms with Crippen molar-refractivity contribution in [3.63, 3.8) is 0 Å². The van der Waals surface area contributed by atoms with Crippen LogP contribution in [0.5, 0.6) is 0 Å². The van der Waals surface area contributed by atoms with E-state index in [1.165, 1.54) is 19.2 Å². The van der Waals surface area contributed by atoms with Crippen molar-refractivity contribution in [3.8, 4) is 0 Å². The van der Waals surface area contributed by atoms with E-state index in [0.717, 1.165) is 4.90 Å². The summed E-state index contributed by atoms with van der Waals surface area (Å²) < 4.78 is 0. The molecule has 0 unspecified atom stereocenters. The highest BCUT2D eigenvalue weighted by atomic mass is 35.5. The number of carbonyl (C=O) groups excluding carboxylic acids is 3. The highest BCUT2D eigenvalue weighted by molar-refractivity contribution is 6.57. The molecule has 2 rings (SSSR count). The van der Waals surface area contributed by atoms with Gasteiger partial charge in [-0.25, -0.2) is 9.69 Å². The highest BCUT2D eigenvalue weighted by Gasteiger charge is 2.40. The van der Waals surface area contributed by atoms with Crippen LogP contribution >= 0.6 is 23.2 Å². The van der Waals surface area contributed by atoms with E-state index in [9.17, 15) is 14.4 Å². The van der Waals surface area contributed by atoms with Gasteiger partial charge in [-0.2, -0.15) is 0 Å². The predicted octanol–water partition coefficient (Wildman–Crippen LogP) is 1.86. The van der Waals surface area contributed by atoms with Crippen molar-refractivity contribution in [2.24, 2.45) is 0 Å². The van der Waals surface area contributed by atoms with E-state index < -0.39 is 17.7 Å². The average molecular weight is 273 g/mol. The molecule has 1 N–H and O–H groups in total. The molecule has 0 saturated heterocycles. The molecule has 0 aromatic heterocycles. The zero-order valence-corrected chi connectivity index (χ0v) is 10.1. The normalized spacial score (nSPS) is 13.9. The van der Waals surface area contributed by atoms with E-state index in [1.54, 1.807) is 0 Å². The van der Waals surface area contributed by atoms with Gasteiger partial charge in [0.25, 0.3) is 5.78 Å². The van der Waals surface area contributed by atoms with Gasteiger partial charge in [0.1, 0.15) is 0 Å². The summed E-state index contributed by atoms with van der Waals surface area (Å²) >= 11 is 11.5. The second-order valence-corrected chi connectivity index (χ2v) is 4.12. The van der Waals surface area contributed by atoms with Gasteiger partial charge in [0, 0.05) is 7.05 Å². The van der Waals surface area contributed by atoms with E-state index >= 15 is 0 Å². The van der Waals surface area contributed by atoms with Crippen molar-refractivity contribution in [2.75, 3.05) is 11.9 Å². The van der Waals surface area contributed by atoms with E-state index in [1.807, 2.05) is 0 Å². The molecule has 0 spiro atoms. The molecule has 88 valence electrons. The number of carbonyl (C=O) groups is 3. The fraction of sp³-hybridized carbons (Fsp3) is 0.100. The molecule has 3 amide bonds. The number of hydrogen-bond donors (Lipinski definition) is 1. The second kappa shape index (κ2) is 4.01. The van der Waals surface area contributed by atoms with Crippen LogP contribution in [0.15, 0.2) is 12.1 Å². The zero-order chi connectivity index (χ0) is 12.7. The van der Waals surface area contributed by atoms with Crippen molar-refractivity contribution in [1.82, 2.24) is 5.32 Å². The molecule has 0 fully saturated rings. The van der Waals surface area contributed by atoms with Gasteiger partial charge in [0.15, 0.2) is 0 Å². The number of fused-ring (bicyclic) bond motifs is 1. The van der Waals surface area contributed by atoms with Gasteiger partial charge in [0.2, 0.25) is 0 Å². The van der Waals surface area contributed by atoms with Gasteiger partial charge >= 0.3 is 11.9 Å². The Morgan fingerprint density at radius 2 is 1.82 bits per heavy atom. The topological polar surface area (TPSA) is 66.5 Å². The summed E-state index contributed by atoms with van der Waals surface area (Å²) in [7, 11) is 1.36. The number of halogens is 2. The first-order chi connectivity index (χ1) is 7.97. The van der Waals surface area contributed by atoms with Gasteiger partial charge in [-0.3, -0.25) is 9.59 Å². The highest BCUT2D eigenvalue weighted by Crippen LogP contribution is 2.35. The van der Waals surface area contributed by atoms with Crippen molar-refractivity contribution in [3.05, 3.63) is 27.7 Å². The number of Topliss-reactive ketones (excluding diaryl/α,β-unsaturated/α-hetero) is 1. The van der Waals surface area contributed by atoms with Crippen molar-refractivity contribution in [2.45, 2.75) is 0 Å². The lowest BCUT2D eigenvalue weighted by Crippen LogP contribution is -2.41. The number of nitrogens with zero attached hydrogens (tertiary/aromatic N) is 1. The van der Waals surface area contributed by atoms with E-state index in [-0.39, 0.29) is 21.3 Å². The Kier molecular flexibility index (Phi) is 2.81. The lowest BCUT2D eigenvalue weighted by Gasteiger charge is -2.13. The van der Waals surface area contributed by atoms with Crippen molar-refractivity contribution in [1.29, 1.82) is 0 Å². The maximum Gasteiger partial charge on any atom is 0.328 e. The van der Waals surface area contributed by atoms with Crippen molar-refractivity contribution < 1.29 is 14.4 Å². The molecule has 17 heavy (non-hydrogen) atoms. The molecule has 7 heteroatoms. The lowest BCUT2D eigenvalue weighted by molar-refractivity contribution is -0.113. The third-order valence-electron chi connectivity index (χ3n) is 2.34. The quantitative estimate of drug-likeness (QED) is 0.734. The molecule has 0 bridgehead atoms. The molecule has 1 aromatic carbocycles. The Morgan fingerprint density at radius 3 is 2.41 bits per heavy atom. The lowest BCUT2D eigenvalue weighted by atomic mass is 10.1. The number of hydrogen-bond acceptors (Lipinski definition) is 3. The molecule has 5 nitrogen and oxygen atoms in total. The van der Waals surface area contributed by atoms with Crippen LogP contribution in [0, 0.1) is 0 Å². The van der Waals surface area contributed by atoms with Crippen LogP contribution in [0.3, 0.4) is 0 Å². The fourth-order valence-corrected chi connectivity index (χ4v) is 1.86. The van der Waals surface area contributed by atoms with Crippen LogP contribution < -0.4 is 10.2 Å². The molecule has 1 aliphatic rings. The van der Waals surface area contributed by atoms with Gasteiger partial charge < -0.3 is 5.32 Å². The third-order valence-corrected chi connectivity index (χ3v) is 3.06. The molecule has 1 heterocycles. The molecule has 0 aliphatic carbocycles. The first kappa shape index (κ1) is 11.9. The Balaban J connectivity index is 2.64. The predicted molar refractivity (Wildman–Crippen MR) is 62.7 cm³/mol. The number of anilines is 1. The standard InChI is InChI=1S/C10H6Cl2N2O3/c1-13-10(17)14-7-3-6(12)5(11)2-4(7)8(15)9(14)16/h2-3H,1H3,(H,13,17). The zero-order valence-electron chi connectivity index (χ0n) is 8.58. The van der Waals surface area contributed by atoms with Crippen LogP contribution in [0.2, 0.25) is 10.0 Å². The minimum Gasteiger partial charge on any atom is -0.340 e. The minimum absolute atomic E-state index is 0.0769. The minimum atomic E-state index is -0.919. The number of rotatable bonds is 0. The van der Waals surface area contributed by atoms with Crippen LogP contribution in [0.1, 0.15) is 10.4 Å². The molecule has 0 saturated carbocycles. The molecule has 0 atom stereocenters. The summed E-state index contributed by atoms with van der Waals surface area (Å²) in [5.41, 5.74) is 0.224. The summed E-state index contributed by atoms with van der Waals surface area (Å²) in [6, 6.07) is 1.90. The van der Waals surface area contributed by atoms with Gasteiger partial charge in [0.05, 0.1) is 21.3 Å². The average Bonchev–Trinajstić information content (AvgIpc) is 2.53. The number of nitrogens with one attached hydrogen (secondary N) is 1. The van der Waals surface area contributed by atoms with Crippen LogP contribution in [-0.4, -0.2) is 24.8 Å². The summed E-state index contributed by atoms with van der Waals surface area (Å²) in [5, 5.41) is 2.60. The number of amides is 3. The molecule has 1 aromatic rings. The first-order valence-electron chi connectivity index (χ1n) is 4.57. The van der Waals surface area contributed by atoms with E-state index in [2.05, 4.69) is 5.32 Å². The fourth-order valence-electron chi connectivity index (χ4n) is 1.54. The van der Waals surface area contributed by atoms with Gasteiger partial charge in [-0.1, -0.05) is 23.2 Å². The largest absolute Gasteiger partial charge is 0.340 e. The molecular formula is C10H6Cl2N2O3. The molecular weight excluding hydrogens is 267 g/mol. The maximum atomic E-state index is 11.6. The first-order valence-corrected chi connectivity index (χ1v) is 5.32. The van der Waals surface area contributed by atoms with Gasteiger partial charge in [-0.15, -0.1) is 0 Å². The number of urea groups is 1. The van der Waals surface area contributed by atoms with Crippen LogP contribution in [-0.2, 0) is 4.79 Å². The number of imide groups is 1. The van der Waals surface area contributed by atoms with E-state index in [0.29, 0.717) is 0 Å². The number of benzene rings is 1. The smallest absolute Gasteiger partial charge is 0.328 e. The Bertz CT molecular complexity index is 557. The number of ketones is 1. The van der Waals surface area contributed by atoms with Crippen LogP contribution in [0.25, 0.3) is 0 Å².